The van der Waals surface area contributed by atoms with E-state index >= 15 is 0 Å². The summed E-state index contributed by atoms with van der Waals surface area (Å²) in [5, 5.41) is 24.7. The molecule has 1 aliphatic carbocycles. The number of nitro benzene ring substituents is 1. The van der Waals surface area contributed by atoms with E-state index in [0.29, 0.717) is 19.5 Å². The first-order chi connectivity index (χ1) is 12.8. The Balaban J connectivity index is 1.88. The number of hydrogen-bond acceptors (Lipinski definition) is 6. The number of benzene rings is 1. The van der Waals surface area contributed by atoms with Gasteiger partial charge in [-0.25, -0.2) is 8.42 Å². The molecule has 2 aliphatic rings. The smallest absolute Gasteiger partial charge is 0.293 e. The van der Waals surface area contributed by atoms with Gasteiger partial charge in [-0.15, -0.1) is 0 Å². The molecule has 8 nitrogen and oxygen atoms in total. The minimum Gasteiger partial charge on any atom is -0.391 e. The van der Waals surface area contributed by atoms with Gasteiger partial charge in [-0.05, 0) is 43.7 Å². The largest absolute Gasteiger partial charge is 0.391 e. The minimum absolute atomic E-state index is 0.0574. The number of rotatable bonds is 5. The van der Waals surface area contributed by atoms with Crippen molar-refractivity contribution >= 4 is 21.4 Å². The summed E-state index contributed by atoms with van der Waals surface area (Å²) in [6, 6.07) is 3.73. The third-order valence-electron chi connectivity index (χ3n) is 5.49. The number of aliphatic hydroxyl groups excluding tert-OH is 1. The number of hydrogen-bond donors (Lipinski definition) is 2. The van der Waals surface area contributed by atoms with E-state index in [-0.39, 0.29) is 28.2 Å². The third kappa shape index (κ3) is 4.41. The topological polar surface area (TPSA) is 113 Å². The van der Waals surface area contributed by atoms with Crippen LogP contribution in [0.3, 0.4) is 0 Å². The fourth-order valence-electron chi connectivity index (χ4n) is 3.94. The number of piperidine rings is 1. The lowest BCUT2D eigenvalue weighted by Crippen LogP contribution is -2.39. The van der Waals surface area contributed by atoms with E-state index < -0.39 is 21.1 Å². The average molecular weight is 397 g/mol. The van der Waals surface area contributed by atoms with Gasteiger partial charge in [-0.1, -0.05) is 19.8 Å². The summed E-state index contributed by atoms with van der Waals surface area (Å²) in [5.41, 5.74) is -0.0316. The summed E-state index contributed by atoms with van der Waals surface area (Å²) >= 11 is 0. The van der Waals surface area contributed by atoms with Crippen LogP contribution in [0.5, 0.6) is 0 Å². The monoisotopic (exact) mass is 397 g/mol. The molecule has 1 saturated heterocycles. The highest BCUT2D eigenvalue weighted by Gasteiger charge is 2.31. The van der Waals surface area contributed by atoms with Crippen molar-refractivity contribution in [2.75, 3.05) is 18.4 Å². The molecule has 2 N–H and O–H groups in total. The molecule has 0 amide bonds. The second kappa shape index (κ2) is 8.12. The first-order valence-electron chi connectivity index (χ1n) is 9.52. The van der Waals surface area contributed by atoms with Crippen LogP contribution in [-0.2, 0) is 10.0 Å². The zero-order valence-corrected chi connectivity index (χ0v) is 16.3. The maximum Gasteiger partial charge on any atom is 0.293 e. The van der Waals surface area contributed by atoms with Crippen LogP contribution in [-0.4, -0.2) is 48.0 Å². The molecule has 9 heteroatoms. The van der Waals surface area contributed by atoms with Crippen LogP contribution in [0.2, 0.25) is 0 Å². The molecule has 150 valence electrons. The van der Waals surface area contributed by atoms with Crippen molar-refractivity contribution in [2.45, 2.75) is 62.5 Å². The van der Waals surface area contributed by atoms with E-state index in [4.69, 9.17) is 0 Å². The van der Waals surface area contributed by atoms with Gasteiger partial charge in [0.2, 0.25) is 10.0 Å². The van der Waals surface area contributed by atoms with Gasteiger partial charge in [0.05, 0.1) is 22.0 Å². The molecule has 0 radical (unpaired) electrons. The first-order valence-corrected chi connectivity index (χ1v) is 11.0. The Kier molecular flexibility index (Phi) is 6.02. The second-order valence-electron chi connectivity index (χ2n) is 7.65. The highest BCUT2D eigenvalue weighted by molar-refractivity contribution is 7.89. The summed E-state index contributed by atoms with van der Waals surface area (Å²) in [6.07, 6.45) is 4.49. The van der Waals surface area contributed by atoms with Gasteiger partial charge in [-0.3, -0.25) is 10.1 Å². The number of nitro groups is 1. The molecule has 1 saturated carbocycles. The number of anilines is 1. The lowest BCUT2D eigenvalue weighted by atomic mass is 9.92. The molecular formula is C18H27N3O5S. The molecule has 0 spiro atoms. The van der Waals surface area contributed by atoms with E-state index in [0.717, 1.165) is 38.2 Å². The maximum absolute atomic E-state index is 12.9. The summed E-state index contributed by atoms with van der Waals surface area (Å²) in [4.78, 5) is 10.9. The van der Waals surface area contributed by atoms with E-state index in [9.17, 15) is 23.6 Å². The van der Waals surface area contributed by atoms with Crippen LogP contribution >= 0.6 is 0 Å². The average Bonchev–Trinajstić information content (AvgIpc) is 2.63. The predicted octanol–water partition coefficient (Wildman–Crippen LogP) is 2.73. The number of nitrogens with zero attached hydrogens (tertiary/aromatic N) is 2. The maximum atomic E-state index is 12.9. The van der Waals surface area contributed by atoms with Crippen LogP contribution in [0.15, 0.2) is 23.1 Å². The highest BCUT2D eigenvalue weighted by atomic mass is 32.2. The van der Waals surface area contributed by atoms with Gasteiger partial charge >= 0.3 is 0 Å². The molecule has 2 fully saturated rings. The van der Waals surface area contributed by atoms with Crippen molar-refractivity contribution < 1.29 is 18.4 Å². The Hall–Kier alpha value is -1.71. The van der Waals surface area contributed by atoms with E-state index in [1.165, 1.54) is 16.4 Å². The van der Waals surface area contributed by atoms with Crippen LogP contribution in [0.4, 0.5) is 11.4 Å². The van der Waals surface area contributed by atoms with Crippen molar-refractivity contribution in [3.63, 3.8) is 0 Å². The van der Waals surface area contributed by atoms with Gasteiger partial charge in [0.1, 0.15) is 5.69 Å². The van der Waals surface area contributed by atoms with E-state index in [2.05, 4.69) is 5.32 Å². The van der Waals surface area contributed by atoms with E-state index in [1.807, 2.05) is 6.92 Å². The van der Waals surface area contributed by atoms with Crippen molar-refractivity contribution in [1.29, 1.82) is 0 Å². The summed E-state index contributed by atoms with van der Waals surface area (Å²) in [7, 11) is -3.76. The molecule has 1 aromatic rings. The fourth-order valence-corrected chi connectivity index (χ4v) is 5.56. The molecule has 0 bridgehead atoms. The Morgan fingerprint density at radius 1 is 1.22 bits per heavy atom. The minimum atomic E-state index is -3.76. The third-order valence-corrected chi connectivity index (χ3v) is 7.35. The van der Waals surface area contributed by atoms with Gasteiger partial charge in [0, 0.05) is 19.2 Å². The molecule has 1 heterocycles. The summed E-state index contributed by atoms with van der Waals surface area (Å²) < 4.78 is 27.2. The molecular weight excluding hydrogens is 370 g/mol. The molecule has 1 aromatic carbocycles. The number of nitrogens with one attached hydrogen (secondary N) is 1. The predicted molar refractivity (Wildman–Crippen MR) is 102 cm³/mol. The Morgan fingerprint density at radius 2 is 1.96 bits per heavy atom. The van der Waals surface area contributed by atoms with Gasteiger partial charge < -0.3 is 10.4 Å². The molecule has 27 heavy (non-hydrogen) atoms. The quantitative estimate of drug-likeness (QED) is 0.583. The highest BCUT2D eigenvalue weighted by Crippen LogP contribution is 2.32. The lowest BCUT2D eigenvalue weighted by molar-refractivity contribution is -0.384. The zero-order valence-electron chi connectivity index (χ0n) is 15.5. The molecule has 3 atom stereocenters. The molecule has 3 rings (SSSR count). The number of aliphatic hydroxyl groups is 1. The fraction of sp³-hybridized carbons (Fsp3) is 0.667. The normalized spacial score (nSPS) is 27.3. The van der Waals surface area contributed by atoms with Crippen LogP contribution < -0.4 is 5.32 Å². The zero-order chi connectivity index (χ0) is 19.6. The molecule has 0 aromatic heterocycles. The standard InChI is InChI=1S/C18H27N3O5S/c1-13-5-4-10-20(12-13)27(25,26)14-8-9-15(17(11-14)21(23)24)19-16-6-2-3-7-18(16)22/h8-9,11,13,16,18-19,22H,2-7,10,12H2,1H3/t13-,16-,18+/m1/s1. The van der Waals surface area contributed by atoms with Gasteiger partial charge in [0.25, 0.3) is 5.69 Å². The van der Waals surface area contributed by atoms with Gasteiger partial charge in [0.15, 0.2) is 0 Å². The number of sulfonamides is 1. The Bertz CT molecular complexity index is 798. The summed E-state index contributed by atoms with van der Waals surface area (Å²) in [6.45, 7) is 2.88. The second-order valence-corrected chi connectivity index (χ2v) is 9.59. The van der Waals surface area contributed by atoms with Crippen molar-refractivity contribution in [3.05, 3.63) is 28.3 Å². The Morgan fingerprint density at radius 3 is 2.63 bits per heavy atom. The first kappa shape index (κ1) is 20.0. The van der Waals surface area contributed by atoms with Crippen molar-refractivity contribution in [2.24, 2.45) is 5.92 Å². The van der Waals surface area contributed by atoms with Crippen molar-refractivity contribution in [3.8, 4) is 0 Å². The molecule has 0 unspecified atom stereocenters. The van der Waals surface area contributed by atoms with Gasteiger partial charge in [-0.2, -0.15) is 4.31 Å². The summed E-state index contributed by atoms with van der Waals surface area (Å²) in [5.74, 6) is 0.275. The van der Waals surface area contributed by atoms with E-state index in [1.54, 1.807) is 0 Å². The van der Waals surface area contributed by atoms with Crippen LogP contribution in [0.25, 0.3) is 0 Å². The Labute approximate surface area is 159 Å². The van der Waals surface area contributed by atoms with Crippen molar-refractivity contribution in [1.82, 2.24) is 4.31 Å². The van der Waals surface area contributed by atoms with Crippen LogP contribution in [0.1, 0.15) is 45.4 Å². The SMILES string of the molecule is C[C@@H]1CCCN(S(=O)(=O)c2ccc(N[C@@H]3CCCC[C@@H]3O)c([N+](=O)[O-])c2)C1. The lowest BCUT2D eigenvalue weighted by Gasteiger charge is -2.30. The molecule has 1 aliphatic heterocycles. The van der Waals surface area contributed by atoms with Crippen LogP contribution in [0, 0.1) is 16.0 Å².